The van der Waals surface area contributed by atoms with Gasteiger partial charge in [0.25, 0.3) is 0 Å². The third-order valence-electron chi connectivity index (χ3n) is 5.36. The van der Waals surface area contributed by atoms with Gasteiger partial charge in [0.05, 0.1) is 0 Å². The van der Waals surface area contributed by atoms with Crippen molar-refractivity contribution in [2.75, 3.05) is 5.32 Å². The molecule has 2 N–H and O–H groups in total. The summed E-state index contributed by atoms with van der Waals surface area (Å²) >= 11 is 0. The first-order valence-electron chi connectivity index (χ1n) is 9.64. The molecule has 6 nitrogen and oxygen atoms in total. The minimum Gasteiger partial charge on any atom is -0.508 e. The molecule has 4 rings (SSSR count). The Bertz CT molecular complexity index is 931. The van der Waals surface area contributed by atoms with Crippen LogP contribution in [0.25, 0.3) is 5.65 Å². The largest absolute Gasteiger partial charge is 0.508 e. The highest BCUT2D eigenvalue weighted by molar-refractivity contribution is 5.45. The van der Waals surface area contributed by atoms with E-state index in [4.69, 9.17) is 5.10 Å². The number of phenols is 1. The van der Waals surface area contributed by atoms with E-state index in [1.807, 2.05) is 28.8 Å². The molecular formula is C21H27N5O. The lowest BCUT2D eigenvalue weighted by atomic mass is 9.70. The van der Waals surface area contributed by atoms with Gasteiger partial charge < -0.3 is 10.4 Å². The van der Waals surface area contributed by atoms with Gasteiger partial charge in [-0.15, -0.1) is 15.3 Å². The van der Waals surface area contributed by atoms with Gasteiger partial charge in [-0.25, -0.2) is 0 Å². The molecule has 2 heterocycles. The molecular weight excluding hydrogens is 338 g/mol. The Morgan fingerprint density at radius 3 is 2.63 bits per heavy atom. The number of aromatic nitrogens is 4. The highest BCUT2D eigenvalue weighted by Gasteiger charge is 2.32. The lowest BCUT2D eigenvalue weighted by molar-refractivity contribution is 0.177. The molecule has 0 saturated heterocycles. The predicted molar refractivity (Wildman–Crippen MR) is 106 cm³/mol. The first kappa shape index (κ1) is 17.8. The maximum absolute atomic E-state index is 9.45. The van der Waals surface area contributed by atoms with Crippen molar-refractivity contribution in [3.05, 3.63) is 47.8 Å². The summed E-state index contributed by atoms with van der Waals surface area (Å²) in [6.07, 6.45) is 4.22. The third kappa shape index (κ3) is 4.04. The number of rotatable bonds is 4. The van der Waals surface area contributed by atoms with Crippen LogP contribution in [0.15, 0.2) is 36.4 Å². The number of aromatic hydroxyl groups is 1. The van der Waals surface area contributed by atoms with Gasteiger partial charge in [0, 0.05) is 12.5 Å². The normalized spacial score (nSPS) is 22.0. The van der Waals surface area contributed by atoms with Crippen LogP contribution in [0.2, 0.25) is 0 Å². The van der Waals surface area contributed by atoms with Gasteiger partial charge in [-0.3, -0.25) is 0 Å². The van der Waals surface area contributed by atoms with Gasteiger partial charge in [0.1, 0.15) is 11.6 Å². The Balaban J connectivity index is 1.55. The van der Waals surface area contributed by atoms with Gasteiger partial charge in [-0.2, -0.15) is 4.52 Å². The van der Waals surface area contributed by atoms with Crippen LogP contribution in [-0.4, -0.2) is 31.0 Å². The van der Waals surface area contributed by atoms with E-state index in [9.17, 15) is 5.11 Å². The number of nitrogens with zero attached hydrogens (tertiary/aromatic N) is 4. The first-order valence-corrected chi connectivity index (χ1v) is 9.64. The second-order valence-electron chi connectivity index (χ2n) is 8.70. The molecule has 0 radical (unpaired) electrons. The van der Waals surface area contributed by atoms with Crippen molar-refractivity contribution < 1.29 is 5.11 Å². The van der Waals surface area contributed by atoms with Gasteiger partial charge in [0.15, 0.2) is 11.5 Å². The van der Waals surface area contributed by atoms with Crippen molar-refractivity contribution >= 4 is 11.5 Å². The molecule has 1 aliphatic carbocycles. The molecule has 1 saturated carbocycles. The zero-order valence-electron chi connectivity index (χ0n) is 16.2. The molecule has 2 atom stereocenters. The van der Waals surface area contributed by atoms with E-state index in [2.05, 4.69) is 36.3 Å². The number of fused-ring (bicyclic) bond motifs is 1. The van der Waals surface area contributed by atoms with E-state index in [1.54, 1.807) is 12.1 Å². The highest BCUT2D eigenvalue weighted by atomic mass is 16.3. The van der Waals surface area contributed by atoms with Crippen LogP contribution >= 0.6 is 0 Å². The average Bonchev–Trinajstić information content (AvgIpc) is 2.97. The minimum absolute atomic E-state index is 0.263. The molecule has 0 aliphatic heterocycles. The molecule has 6 heteroatoms. The number of phenolic OH excluding ortho intramolecular Hbond substituents is 1. The zero-order chi connectivity index (χ0) is 19.0. The maximum atomic E-state index is 9.45. The van der Waals surface area contributed by atoms with Crippen molar-refractivity contribution in [1.82, 2.24) is 19.8 Å². The summed E-state index contributed by atoms with van der Waals surface area (Å²) in [5, 5.41) is 26.3. The predicted octanol–water partition coefficient (Wildman–Crippen LogP) is 4.05. The summed E-state index contributed by atoms with van der Waals surface area (Å²) in [4.78, 5) is 0. The van der Waals surface area contributed by atoms with Gasteiger partial charge in [-0.05, 0) is 60.4 Å². The van der Waals surface area contributed by atoms with Crippen LogP contribution in [0.3, 0.4) is 0 Å². The number of hydrogen-bond donors (Lipinski definition) is 2. The molecule has 2 aromatic heterocycles. The van der Waals surface area contributed by atoms with Crippen molar-refractivity contribution in [3.8, 4) is 5.75 Å². The van der Waals surface area contributed by atoms with E-state index in [0.29, 0.717) is 17.9 Å². The second-order valence-corrected chi connectivity index (χ2v) is 8.70. The second kappa shape index (κ2) is 6.83. The first-order chi connectivity index (χ1) is 12.9. The Morgan fingerprint density at radius 1 is 1.11 bits per heavy atom. The standard InChI is InChI=1S/C21H27N5O/c1-14-10-16(13-21(2,3)12-14)22-18-8-9-19-23-24-20(26(19)25-18)11-15-4-6-17(27)7-5-15/h4-9,14,16,27H,10-13H2,1-3H3,(H,22,25). The van der Waals surface area contributed by atoms with E-state index < -0.39 is 0 Å². The fourth-order valence-electron chi connectivity index (χ4n) is 4.48. The lowest BCUT2D eigenvalue weighted by Gasteiger charge is -2.39. The number of nitrogens with one attached hydrogen (secondary N) is 1. The van der Waals surface area contributed by atoms with E-state index in [0.717, 1.165) is 35.2 Å². The van der Waals surface area contributed by atoms with Crippen LogP contribution in [-0.2, 0) is 6.42 Å². The summed E-state index contributed by atoms with van der Waals surface area (Å²) in [5.74, 6) is 2.63. The Kier molecular flexibility index (Phi) is 4.50. The van der Waals surface area contributed by atoms with Crippen LogP contribution < -0.4 is 5.32 Å². The molecule has 0 spiro atoms. The van der Waals surface area contributed by atoms with Gasteiger partial charge in [-0.1, -0.05) is 32.9 Å². The van der Waals surface area contributed by atoms with Crippen LogP contribution in [0.1, 0.15) is 51.4 Å². The SMILES string of the molecule is CC1CC(Nc2ccc3nnc(Cc4ccc(O)cc4)n3n2)CC(C)(C)C1. The monoisotopic (exact) mass is 365 g/mol. The summed E-state index contributed by atoms with van der Waals surface area (Å²) in [5.41, 5.74) is 2.16. The van der Waals surface area contributed by atoms with Crippen molar-refractivity contribution in [2.24, 2.45) is 11.3 Å². The van der Waals surface area contributed by atoms with Crippen molar-refractivity contribution in [1.29, 1.82) is 0 Å². The number of anilines is 1. The van der Waals surface area contributed by atoms with E-state index in [1.165, 1.54) is 12.8 Å². The zero-order valence-corrected chi connectivity index (χ0v) is 16.2. The average molecular weight is 365 g/mol. The van der Waals surface area contributed by atoms with E-state index in [-0.39, 0.29) is 5.75 Å². The molecule has 0 bridgehead atoms. The fraction of sp³-hybridized carbons (Fsp3) is 0.476. The molecule has 142 valence electrons. The third-order valence-corrected chi connectivity index (χ3v) is 5.36. The number of hydrogen-bond acceptors (Lipinski definition) is 5. The van der Waals surface area contributed by atoms with E-state index >= 15 is 0 Å². The highest BCUT2D eigenvalue weighted by Crippen LogP contribution is 2.39. The molecule has 1 fully saturated rings. The van der Waals surface area contributed by atoms with Crippen molar-refractivity contribution in [3.63, 3.8) is 0 Å². The lowest BCUT2D eigenvalue weighted by Crippen LogP contribution is -2.35. The summed E-state index contributed by atoms with van der Waals surface area (Å²) < 4.78 is 1.81. The fourth-order valence-corrected chi connectivity index (χ4v) is 4.48. The molecule has 27 heavy (non-hydrogen) atoms. The van der Waals surface area contributed by atoms with Gasteiger partial charge in [0.2, 0.25) is 0 Å². The Labute approximate surface area is 159 Å². The van der Waals surface area contributed by atoms with Crippen molar-refractivity contribution in [2.45, 2.75) is 52.5 Å². The molecule has 1 aliphatic rings. The quantitative estimate of drug-likeness (QED) is 0.729. The summed E-state index contributed by atoms with van der Waals surface area (Å²) in [6, 6.07) is 11.5. The maximum Gasteiger partial charge on any atom is 0.178 e. The topological polar surface area (TPSA) is 75.3 Å². The molecule has 2 unspecified atom stereocenters. The number of benzene rings is 1. The molecule has 1 aromatic carbocycles. The smallest absolute Gasteiger partial charge is 0.178 e. The minimum atomic E-state index is 0.263. The molecule has 0 amide bonds. The molecule has 3 aromatic rings. The van der Waals surface area contributed by atoms with Gasteiger partial charge >= 0.3 is 0 Å². The summed E-state index contributed by atoms with van der Waals surface area (Å²) in [6.45, 7) is 7.04. The Morgan fingerprint density at radius 2 is 1.89 bits per heavy atom. The van der Waals surface area contributed by atoms with Crippen LogP contribution in [0, 0.1) is 11.3 Å². The van der Waals surface area contributed by atoms with Crippen LogP contribution in [0.5, 0.6) is 5.75 Å². The summed E-state index contributed by atoms with van der Waals surface area (Å²) in [7, 11) is 0. The van der Waals surface area contributed by atoms with Crippen LogP contribution in [0.4, 0.5) is 5.82 Å². The Hall–Kier alpha value is -2.63.